The van der Waals surface area contributed by atoms with Crippen molar-refractivity contribution in [2.24, 2.45) is 5.92 Å². The Hall–Kier alpha value is -0.120. The summed E-state index contributed by atoms with van der Waals surface area (Å²) in [6.45, 7) is 11.1. The molecular weight excluding hydrogens is 224 g/mol. The van der Waals surface area contributed by atoms with Crippen molar-refractivity contribution in [3.05, 3.63) is 0 Å². The molecule has 1 heterocycles. The number of likely N-dealkylation sites (N-methyl/N-ethyl adjacent to an activating group) is 1. The Bertz CT molecular complexity index is 243. The van der Waals surface area contributed by atoms with Crippen molar-refractivity contribution >= 4 is 0 Å². The zero-order valence-electron chi connectivity index (χ0n) is 12.3. The first kappa shape index (κ1) is 14.3. The molecule has 2 fully saturated rings. The average molecular weight is 254 g/mol. The third-order valence-electron chi connectivity index (χ3n) is 4.57. The summed E-state index contributed by atoms with van der Waals surface area (Å²) in [5.41, 5.74) is 0. The number of morpholine rings is 1. The summed E-state index contributed by atoms with van der Waals surface area (Å²) in [7, 11) is 0. The molecule has 0 bridgehead atoms. The first-order valence-electron chi connectivity index (χ1n) is 7.82. The molecule has 1 N–H and O–H groups in total. The van der Waals surface area contributed by atoms with Crippen molar-refractivity contribution in [2.45, 2.75) is 64.6 Å². The van der Waals surface area contributed by atoms with Crippen LogP contribution in [0.5, 0.6) is 0 Å². The Kier molecular flexibility index (Phi) is 5.46. The van der Waals surface area contributed by atoms with Gasteiger partial charge in [-0.05, 0) is 25.3 Å². The minimum Gasteiger partial charge on any atom is -0.375 e. The molecule has 1 saturated carbocycles. The van der Waals surface area contributed by atoms with Gasteiger partial charge in [-0.1, -0.05) is 33.6 Å². The fraction of sp³-hybridized carbons (Fsp3) is 1.00. The summed E-state index contributed by atoms with van der Waals surface area (Å²) >= 11 is 0. The van der Waals surface area contributed by atoms with Crippen LogP contribution in [-0.4, -0.2) is 49.3 Å². The summed E-state index contributed by atoms with van der Waals surface area (Å²) in [6, 6.07) is 1.35. The molecule has 1 aliphatic heterocycles. The van der Waals surface area contributed by atoms with Gasteiger partial charge >= 0.3 is 0 Å². The topological polar surface area (TPSA) is 24.5 Å². The van der Waals surface area contributed by atoms with Crippen LogP contribution in [0.4, 0.5) is 0 Å². The number of hydrogen-bond donors (Lipinski definition) is 1. The van der Waals surface area contributed by atoms with Gasteiger partial charge in [-0.25, -0.2) is 0 Å². The lowest BCUT2D eigenvalue weighted by Gasteiger charge is -2.48. The average Bonchev–Trinajstić information content (AvgIpc) is 2.39. The van der Waals surface area contributed by atoms with Crippen molar-refractivity contribution in [2.75, 3.05) is 26.2 Å². The van der Waals surface area contributed by atoms with E-state index >= 15 is 0 Å². The minimum absolute atomic E-state index is 0.510. The molecule has 3 unspecified atom stereocenters. The molecule has 3 heteroatoms. The maximum Gasteiger partial charge on any atom is 0.0731 e. The molecule has 1 saturated heterocycles. The van der Waals surface area contributed by atoms with Crippen molar-refractivity contribution in [3.8, 4) is 0 Å². The van der Waals surface area contributed by atoms with Crippen molar-refractivity contribution in [3.63, 3.8) is 0 Å². The summed E-state index contributed by atoms with van der Waals surface area (Å²) in [5, 5.41) is 3.54. The van der Waals surface area contributed by atoms with Gasteiger partial charge in [0.25, 0.3) is 0 Å². The summed E-state index contributed by atoms with van der Waals surface area (Å²) in [4.78, 5) is 2.75. The van der Waals surface area contributed by atoms with Gasteiger partial charge in [0.1, 0.15) is 0 Å². The highest BCUT2D eigenvalue weighted by Gasteiger charge is 2.38. The summed E-state index contributed by atoms with van der Waals surface area (Å²) in [5.74, 6) is 0.713. The van der Waals surface area contributed by atoms with Crippen LogP contribution in [0.1, 0.15) is 46.5 Å². The fourth-order valence-electron chi connectivity index (χ4n) is 3.57. The number of ether oxygens (including phenoxy) is 1. The van der Waals surface area contributed by atoms with Crippen molar-refractivity contribution in [1.82, 2.24) is 10.2 Å². The summed E-state index contributed by atoms with van der Waals surface area (Å²) < 4.78 is 5.98. The number of rotatable bonds is 5. The number of fused-ring (bicyclic) bond motifs is 1. The van der Waals surface area contributed by atoms with Gasteiger partial charge in [-0.3, -0.25) is 4.90 Å². The second-order valence-corrected chi connectivity index (χ2v) is 6.12. The monoisotopic (exact) mass is 254 g/mol. The predicted octanol–water partition coefficient (Wildman–Crippen LogP) is 2.26. The lowest BCUT2D eigenvalue weighted by Crippen LogP contribution is -2.59. The SMILES string of the molecule is CCNCC(C(C)C)N1CCOC2CCCCC21. The third-order valence-corrected chi connectivity index (χ3v) is 4.57. The first-order valence-corrected chi connectivity index (χ1v) is 7.82. The standard InChI is InChI=1S/C15H30N2O/c1-4-16-11-14(12(2)3)17-9-10-18-15-8-6-5-7-13(15)17/h12-16H,4-11H2,1-3H3. The zero-order chi connectivity index (χ0) is 13.0. The molecule has 0 aromatic carbocycles. The van der Waals surface area contributed by atoms with E-state index in [4.69, 9.17) is 4.74 Å². The molecule has 106 valence electrons. The van der Waals surface area contributed by atoms with Crippen LogP contribution in [0.25, 0.3) is 0 Å². The van der Waals surface area contributed by atoms with E-state index in [1.165, 1.54) is 25.7 Å². The third kappa shape index (κ3) is 3.25. The minimum atomic E-state index is 0.510. The maximum atomic E-state index is 5.98. The van der Waals surface area contributed by atoms with E-state index in [-0.39, 0.29) is 0 Å². The van der Waals surface area contributed by atoms with Crippen LogP contribution in [0.2, 0.25) is 0 Å². The van der Waals surface area contributed by atoms with E-state index in [0.29, 0.717) is 24.1 Å². The molecule has 1 aliphatic carbocycles. The fourth-order valence-corrected chi connectivity index (χ4v) is 3.57. The van der Waals surface area contributed by atoms with Gasteiger partial charge in [0.05, 0.1) is 12.7 Å². The maximum absolute atomic E-state index is 5.98. The number of nitrogens with zero attached hydrogens (tertiary/aromatic N) is 1. The van der Waals surface area contributed by atoms with E-state index in [1.54, 1.807) is 0 Å². The number of hydrogen-bond acceptors (Lipinski definition) is 3. The van der Waals surface area contributed by atoms with Crippen LogP contribution < -0.4 is 5.32 Å². The zero-order valence-corrected chi connectivity index (χ0v) is 12.3. The Morgan fingerprint density at radius 3 is 2.78 bits per heavy atom. The van der Waals surface area contributed by atoms with E-state index in [0.717, 1.165) is 26.2 Å². The van der Waals surface area contributed by atoms with Crippen LogP contribution in [0, 0.1) is 5.92 Å². The Balaban J connectivity index is 2.02. The number of nitrogens with one attached hydrogen (secondary N) is 1. The smallest absolute Gasteiger partial charge is 0.0731 e. The highest BCUT2D eigenvalue weighted by Crippen LogP contribution is 2.31. The molecular formula is C15H30N2O. The molecule has 0 spiro atoms. The van der Waals surface area contributed by atoms with Crippen LogP contribution in [-0.2, 0) is 4.74 Å². The Morgan fingerprint density at radius 2 is 2.06 bits per heavy atom. The molecule has 0 aromatic rings. The van der Waals surface area contributed by atoms with E-state index in [2.05, 4.69) is 31.0 Å². The predicted molar refractivity (Wildman–Crippen MR) is 75.9 cm³/mol. The molecule has 0 amide bonds. The molecule has 3 nitrogen and oxygen atoms in total. The van der Waals surface area contributed by atoms with E-state index < -0.39 is 0 Å². The van der Waals surface area contributed by atoms with E-state index in [9.17, 15) is 0 Å². The highest BCUT2D eigenvalue weighted by atomic mass is 16.5. The molecule has 2 rings (SSSR count). The largest absolute Gasteiger partial charge is 0.375 e. The molecule has 2 aliphatic rings. The van der Waals surface area contributed by atoms with Gasteiger partial charge in [-0.2, -0.15) is 0 Å². The van der Waals surface area contributed by atoms with Crippen LogP contribution >= 0.6 is 0 Å². The van der Waals surface area contributed by atoms with Crippen LogP contribution in [0.3, 0.4) is 0 Å². The lowest BCUT2D eigenvalue weighted by atomic mass is 9.87. The second kappa shape index (κ2) is 6.88. The highest BCUT2D eigenvalue weighted by molar-refractivity contribution is 4.92. The summed E-state index contributed by atoms with van der Waals surface area (Å²) in [6.07, 6.45) is 5.85. The molecule has 3 atom stereocenters. The molecule has 0 radical (unpaired) electrons. The Labute approximate surface area is 112 Å². The molecule has 18 heavy (non-hydrogen) atoms. The molecule has 0 aromatic heterocycles. The quantitative estimate of drug-likeness (QED) is 0.814. The lowest BCUT2D eigenvalue weighted by molar-refractivity contribution is -0.107. The van der Waals surface area contributed by atoms with Gasteiger partial charge < -0.3 is 10.1 Å². The van der Waals surface area contributed by atoms with E-state index in [1.807, 2.05) is 0 Å². The van der Waals surface area contributed by atoms with Crippen molar-refractivity contribution < 1.29 is 4.74 Å². The van der Waals surface area contributed by atoms with Gasteiger partial charge in [0, 0.05) is 25.2 Å². The van der Waals surface area contributed by atoms with Gasteiger partial charge in [-0.15, -0.1) is 0 Å². The Morgan fingerprint density at radius 1 is 1.28 bits per heavy atom. The van der Waals surface area contributed by atoms with Crippen LogP contribution in [0.15, 0.2) is 0 Å². The first-order chi connectivity index (χ1) is 8.74. The van der Waals surface area contributed by atoms with Gasteiger partial charge in [0.2, 0.25) is 0 Å². The normalized spacial score (nSPS) is 31.3. The second-order valence-electron chi connectivity index (χ2n) is 6.12. The van der Waals surface area contributed by atoms with Crippen molar-refractivity contribution in [1.29, 1.82) is 0 Å². The van der Waals surface area contributed by atoms with Gasteiger partial charge in [0.15, 0.2) is 0 Å².